The average Bonchev–Trinajstić information content (AvgIpc) is 3.51. The Kier molecular flexibility index (Phi) is 7.10. The highest BCUT2D eigenvalue weighted by Gasteiger charge is 2.32. The molecule has 1 amide bonds. The van der Waals surface area contributed by atoms with Gasteiger partial charge in [-0.1, -0.05) is 25.0 Å². The van der Waals surface area contributed by atoms with E-state index in [1.54, 1.807) is 0 Å². The number of nitrogens with one attached hydrogen (secondary N) is 2. The van der Waals surface area contributed by atoms with E-state index >= 15 is 0 Å². The van der Waals surface area contributed by atoms with Crippen LogP contribution in [0.2, 0.25) is 0 Å². The van der Waals surface area contributed by atoms with E-state index in [0.717, 1.165) is 75.7 Å². The molecule has 0 bridgehead atoms. The number of aliphatic imine (C=N–C) groups is 1. The van der Waals surface area contributed by atoms with Crippen molar-refractivity contribution < 1.29 is 4.79 Å². The maximum atomic E-state index is 12.7. The van der Waals surface area contributed by atoms with Crippen molar-refractivity contribution >= 4 is 22.9 Å². The molecule has 168 valence electrons. The number of fused-ring (bicyclic) bond motifs is 1. The molecule has 1 saturated heterocycles. The predicted molar refractivity (Wildman–Crippen MR) is 125 cm³/mol. The van der Waals surface area contributed by atoms with Crippen LogP contribution in [0.1, 0.15) is 51.3 Å². The zero-order chi connectivity index (χ0) is 21.6. The summed E-state index contributed by atoms with van der Waals surface area (Å²) in [5, 5.41) is 6.91. The predicted octanol–water partition coefficient (Wildman–Crippen LogP) is 3.08. The number of benzene rings is 1. The summed E-state index contributed by atoms with van der Waals surface area (Å²) in [7, 11) is 0. The van der Waals surface area contributed by atoms with Crippen LogP contribution in [-0.4, -0.2) is 58.5 Å². The van der Waals surface area contributed by atoms with E-state index in [1.807, 2.05) is 6.07 Å². The molecular formula is C24H36N6O. The largest absolute Gasteiger partial charge is 0.357 e. The van der Waals surface area contributed by atoms with Crippen LogP contribution in [0, 0.1) is 12.8 Å². The van der Waals surface area contributed by atoms with Crippen LogP contribution in [0.5, 0.6) is 0 Å². The standard InChI is InChI=1S/C24H36N6O/c1-3-25-24(28-20-13-16-29(17-20)23(31)19-9-4-5-10-19)26-14-8-15-30-18(2)27-21-11-6-7-12-22(21)30/h6-7,11-12,19-20H,3-5,8-10,13-17H2,1-2H3,(H2,25,26,28). The minimum Gasteiger partial charge on any atom is -0.357 e. The number of amides is 1. The van der Waals surface area contributed by atoms with E-state index in [-0.39, 0.29) is 12.0 Å². The second-order valence-corrected chi connectivity index (χ2v) is 8.81. The molecule has 1 aliphatic heterocycles. The lowest BCUT2D eigenvalue weighted by Crippen LogP contribution is -2.45. The molecule has 1 aliphatic carbocycles. The summed E-state index contributed by atoms with van der Waals surface area (Å²) >= 11 is 0. The Morgan fingerprint density at radius 1 is 1.23 bits per heavy atom. The minimum absolute atomic E-state index is 0.267. The summed E-state index contributed by atoms with van der Waals surface area (Å²) in [6.07, 6.45) is 6.50. The summed E-state index contributed by atoms with van der Waals surface area (Å²) in [6, 6.07) is 8.56. The van der Waals surface area contributed by atoms with Gasteiger partial charge in [0.15, 0.2) is 5.96 Å². The van der Waals surface area contributed by atoms with Crippen molar-refractivity contribution in [2.24, 2.45) is 10.9 Å². The number of carbonyl (C=O) groups excluding carboxylic acids is 1. The van der Waals surface area contributed by atoms with Crippen LogP contribution >= 0.6 is 0 Å². The first kappa shape index (κ1) is 21.7. The number of rotatable bonds is 7. The molecule has 31 heavy (non-hydrogen) atoms. The number of para-hydroxylation sites is 2. The van der Waals surface area contributed by atoms with Crippen LogP contribution in [0.25, 0.3) is 11.0 Å². The lowest BCUT2D eigenvalue weighted by molar-refractivity contribution is -0.134. The van der Waals surface area contributed by atoms with Crippen molar-refractivity contribution in [2.45, 2.75) is 65.0 Å². The summed E-state index contributed by atoms with van der Waals surface area (Å²) in [4.78, 5) is 24.2. The third kappa shape index (κ3) is 5.20. The van der Waals surface area contributed by atoms with Crippen LogP contribution in [0.4, 0.5) is 0 Å². The molecule has 1 saturated carbocycles. The quantitative estimate of drug-likeness (QED) is 0.407. The van der Waals surface area contributed by atoms with Crippen LogP contribution < -0.4 is 10.6 Å². The highest BCUT2D eigenvalue weighted by atomic mass is 16.2. The van der Waals surface area contributed by atoms with Crippen LogP contribution in [0.3, 0.4) is 0 Å². The number of nitrogens with zero attached hydrogens (tertiary/aromatic N) is 4. The Hall–Kier alpha value is -2.57. The fraction of sp³-hybridized carbons (Fsp3) is 0.625. The Morgan fingerprint density at radius 3 is 2.84 bits per heavy atom. The van der Waals surface area contributed by atoms with Gasteiger partial charge in [0.05, 0.1) is 11.0 Å². The number of aryl methyl sites for hydroxylation is 2. The van der Waals surface area contributed by atoms with Crippen molar-refractivity contribution in [3.05, 3.63) is 30.1 Å². The maximum absolute atomic E-state index is 12.7. The molecule has 1 atom stereocenters. The molecule has 2 heterocycles. The van der Waals surface area contributed by atoms with E-state index in [1.165, 1.54) is 18.4 Å². The van der Waals surface area contributed by atoms with Crippen LogP contribution in [-0.2, 0) is 11.3 Å². The van der Waals surface area contributed by atoms with Gasteiger partial charge in [-0.15, -0.1) is 0 Å². The zero-order valence-corrected chi connectivity index (χ0v) is 18.9. The van der Waals surface area contributed by atoms with Gasteiger partial charge in [-0.3, -0.25) is 9.79 Å². The number of carbonyl (C=O) groups is 1. The monoisotopic (exact) mass is 424 g/mol. The molecule has 0 radical (unpaired) electrons. The first-order valence-corrected chi connectivity index (χ1v) is 11.9. The van der Waals surface area contributed by atoms with Gasteiger partial charge >= 0.3 is 0 Å². The first-order chi connectivity index (χ1) is 15.2. The molecule has 4 rings (SSSR count). The minimum atomic E-state index is 0.267. The topological polar surface area (TPSA) is 74.6 Å². The molecule has 1 aromatic heterocycles. The Balaban J connectivity index is 1.28. The third-order valence-corrected chi connectivity index (χ3v) is 6.54. The van der Waals surface area contributed by atoms with Crippen molar-refractivity contribution in [1.29, 1.82) is 0 Å². The van der Waals surface area contributed by atoms with Gasteiger partial charge < -0.3 is 20.1 Å². The number of imidazole rings is 1. The molecule has 7 heteroatoms. The van der Waals surface area contributed by atoms with Gasteiger partial charge in [-0.2, -0.15) is 0 Å². The number of guanidine groups is 1. The molecular weight excluding hydrogens is 388 g/mol. The Morgan fingerprint density at radius 2 is 2.03 bits per heavy atom. The normalized spacial score (nSPS) is 20.0. The van der Waals surface area contributed by atoms with E-state index < -0.39 is 0 Å². The summed E-state index contributed by atoms with van der Waals surface area (Å²) < 4.78 is 2.27. The zero-order valence-electron chi connectivity index (χ0n) is 18.9. The molecule has 2 N–H and O–H groups in total. The van der Waals surface area contributed by atoms with Crippen molar-refractivity contribution in [3.8, 4) is 0 Å². The first-order valence-electron chi connectivity index (χ1n) is 11.9. The van der Waals surface area contributed by atoms with Gasteiger partial charge in [0, 0.05) is 44.7 Å². The van der Waals surface area contributed by atoms with Gasteiger partial charge in [0.2, 0.25) is 5.91 Å². The fourth-order valence-corrected chi connectivity index (χ4v) is 4.92. The average molecular weight is 425 g/mol. The number of aromatic nitrogens is 2. The Labute approximate surface area is 185 Å². The summed E-state index contributed by atoms with van der Waals surface area (Å²) in [6.45, 7) is 8.28. The lowest BCUT2D eigenvalue weighted by Gasteiger charge is -2.21. The molecule has 1 aromatic carbocycles. The molecule has 7 nitrogen and oxygen atoms in total. The second-order valence-electron chi connectivity index (χ2n) is 8.81. The van der Waals surface area contributed by atoms with Gasteiger partial charge in [0.25, 0.3) is 0 Å². The van der Waals surface area contributed by atoms with E-state index in [0.29, 0.717) is 5.91 Å². The molecule has 0 spiro atoms. The van der Waals surface area contributed by atoms with Gasteiger partial charge in [-0.25, -0.2) is 4.98 Å². The van der Waals surface area contributed by atoms with E-state index in [2.05, 4.69) is 57.1 Å². The van der Waals surface area contributed by atoms with Gasteiger partial charge in [0.1, 0.15) is 5.82 Å². The lowest BCUT2D eigenvalue weighted by atomic mass is 10.1. The van der Waals surface area contributed by atoms with Crippen LogP contribution in [0.15, 0.2) is 29.3 Å². The van der Waals surface area contributed by atoms with Crippen molar-refractivity contribution in [3.63, 3.8) is 0 Å². The SMILES string of the molecule is CCNC(=NCCCn1c(C)nc2ccccc21)NC1CCN(C(=O)C2CCCC2)C1. The molecule has 2 aliphatic rings. The summed E-state index contributed by atoms with van der Waals surface area (Å²) in [5.41, 5.74) is 2.24. The fourth-order valence-electron chi connectivity index (χ4n) is 4.92. The molecule has 2 aromatic rings. The highest BCUT2D eigenvalue weighted by molar-refractivity contribution is 5.81. The highest BCUT2D eigenvalue weighted by Crippen LogP contribution is 2.27. The number of hydrogen-bond acceptors (Lipinski definition) is 3. The van der Waals surface area contributed by atoms with Crippen molar-refractivity contribution in [1.82, 2.24) is 25.1 Å². The smallest absolute Gasteiger partial charge is 0.225 e. The molecule has 1 unspecified atom stereocenters. The second kappa shape index (κ2) is 10.2. The Bertz CT molecular complexity index is 914. The maximum Gasteiger partial charge on any atom is 0.225 e. The van der Waals surface area contributed by atoms with E-state index in [9.17, 15) is 4.79 Å². The molecule has 2 fully saturated rings. The summed E-state index contributed by atoms with van der Waals surface area (Å²) in [5.74, 6) is 2.54. The van der Waals surface area contributed by atoms with E-state index in [4.69, 9.17) is 4.99 Å². The van der Waals surface area contributed by atoms with Gasteiger partial charge in [-0.05, 0) is 51.7 Å². The third-order valence-electron chi connectivity index (χ3n) is 6.54. The number of likely N-dealkylation sites (tertiary alicyclic amines) is 1. The van der Waals surface area contributed by atoms with Crippen molar-refractivity contribution in [2.75, 3.05) is 26.2 Å². The number of hydrogen-bond donors (Lipinski definition) is 2.